The molecule has 1 aromatic rings. The van der Waals surface area contributed by atoms with Gasteiger partial charge in [0.2, 0.25) is 10.0 Å². The molecule has 0 heterocycles. The van der Waals surface area contributed by atoms with Crippen LogP contribution in [0, 0.1) is 0 Å². The Bertz CT molecular complexity index is 456. The highest BCUT2D eigenvalue weighted by molar-refractivity contribution is 7.89. The Hall–Kier alpha value is -0.780. The van der Waals surface area contributed by atoms with Gasteiger partial charge in [0.05, 0.1) is 17.0 Å². The van der Waals surface area contributed by atoms with E-state index >= 15 is 0 Å². The first-order chi connectivity index (χ1) is 6.89. The summed E-state index contributed by atoms with van der Waals surface area (Å²) in [7, 11) is 0.944. The van der Waals surface area contributed by atoms with Gasteiger partial charge in [-0.2, -0.15) is 0 Å². The number of ether oxygens (including phenoxy) is 1. The highest BCUT2D eigenvalue weighted by atomic mass is 35.5. The highest BCUT2D eigenvalue weighted by Gasteiger charge is 2.18. The molecule has 0 saturated heterocycles. The first kappa shape index (κ1) is 12.3. The molecule has 84 valence electrons. The zero-order chi connectivity index (χ0) is 11.6. The lowest BCUT2D eigenvalue weighted by Gasteiger charge is -2.12. The maximum absolute atomic E-state index is 11.7. The zero-order valence-electron chi connectivity index (χ0n) is 8.69. The van der Waals surface area contributed by atoms with Crippen LogP contribution in [-0.2, 0) is 10.0 Å². The minimum atomic E-state index is -3.43. The van der Waals surface area contributed by atoms with Gasteiger partial charge in [0.1, 0.15) is 5.75 Å². The molecule has 0 radical (unpaired) electrons. The van der Waals surface area contributed by atoms with Gasteiger partial charge in [0.25, 0.3) is 0 Å². The van der Waals surface area contributed by atoms with Crippen LogP contribution in [0.25, 0.3) is 0 Å². The fourth-order valence-electron chi connectivity index (χ4n) is 1.01. The van der Waals surface area contributed by atoms with Crippen LogP contribution in [0.4, 0.5) is 0 Å². The monoisotopic (exact) mass is 249 g/mol. The molecule has 0 aromatic heterocycles. The Labute approximate surface area is 94.5 Å². The minimum Gasteiger partial charge on any atom is -0.495 e. The number of methoxy groups -OCH3 is 1. The van der Waals surface area contributed by atoms with E-state index in [9.17, 15) is 8.42 Å². The predicted molar refractivity (Wildman–Crippen MR) is 58.9 cm³/mol. The third kappa shape index (κ3) is 2.42. The van der Waals surface area contributed by atoms with Crippen molar-refractivity contribution in [2.75, 3.05) is 21.2 Å². The molecule has 0 bridgehead atoms. The van der Waals surface area contributed by atoms with Crippen molar-refractivity contribution in [3.05, 3.63) is 23.2 Å². The standard InChI is InChI=1S/C9H12ClNO3S/c1-11(2)15(12,13)7-4-5-8(10)9(6-7)14-3/h4-6H,1-3H3. The number of rotatable bonds is 3. The van der Waals surface area contributed by atoms with Crippen molar-refractivity contribution in [3.8, 4) is 5.75 Å². The van der Waals surface area contributed by atoms with Crippen LogP contribution in [0.2, 0.25) is 5.02 Å². The Balaban J connectivity index is 3.29. The van der Waals surface area contributed by atoms with Gasteiger partial charge in [-0.05, 0) is 12.1 Å². The van der Waals surface area contributed by atoms with Gasteiger partial charge < -0.3 is 4.74 Å². The average Bonchev–Trinajstić information content (AvgIpc) is 2.18. The van der Waals surface area contributed by atoms with Crippen molar-refractivity contribution < 1.29 is 13.2 Å². The van der Waals surface area contributed by atoms with Gasteiger partial charge in [0, 0.05) is 20.2 Å². The number of benzene rings is 1. The quantitative estimate of drug-likeness (QED) is 0.818. The molecule has 15 heavy (non-hydrogen) atoms. The molecule has 0 unspecified atom stereocenters. The van der Waals surface area contributed by atoms with E-state index in [1.807, 2.05) is 0 Å². The maximum atomic E-state index is 11.7. The fraction of sp³-hybridized carbons (Fsp3) is 0.333. The average molecular weight is 250 g/mol. The van der Waals surface area contributed by atoms with Gasteiger partial charge >= 0.3 is 0 Å². The Morgan fingerprint density at radius 3 is 2.40 bits per heavy atom. The molecule has 0 atom stereocenters. The number of sulfonamides is 1. The van der Waals surface area contributed by atoms with Crippen LogP contribution in [0.3, 0.4) is 0 Å². The number of halogens is 1. The number of nitrogens with zero attached hydrogens (tertiary/aromatic N) is 1. The molecule has 1 rings (SSSR count). The van der Waals surface area contributed by atoms with E-state index in [0.29, 0.717) is 10.8 Å². The third-order valence-electron chi connectivity index (χ3n) is 1.90. The SMILES string of the molecule is COc1cc(S(=O)(=O)N(C)C)ccc1Cl. The lowest BCUT2D eigenvalue weighted by Crippen LogP contribution is -2.22. The molecule has 6 heteroatoms. The second-order valence-electron chi connectivity index (χ2n) is 3.08. The highest BCUT2D eigenvalue weighted by Crippen LogP contribution is 2.27. The predicted octanol–water partition coefficient (Wildman–Crippen LogP) is 1.60. The molecule has 4 nitrogen and oxygen atoms in total. The van der Waals surface area contributed by atoms with Gasteiger partial charge in [-0.3, -0.25) is 0 Å². The molecule has 0 saturated carbocycles. The van der Waals surface area contributed by atoms with Crippen LogP contribution in [0.1, 0.15) is 0 Å². The van der Waals surface area contributed by atoms with Crippen LogP contribution < -0.4 is 4.74 Å². The van der Waals surface area contributed by atoms with E-state index in [-0.39, 0.29) is 4.90 Å². The topological polar surface area (TPSA) is 46.6 Å². The molecule has 0 aliphatic carbocycles. The molecule has 1 aromatic carbocycles. The zero-order valence-corrected chi connectivity index (χ0v) is 10.3. The normalized spacial score (nSPS) is 11.8. The van der Waals surface area contributed by atoms with Gasteiger partial charge in [-0.15, -0.1) is 0 Å². The summed E-state index contributed by atoms with van der Waals surface area (Å²) in [6.07, 6.45) is 0. The van der Waals surface area contributed by atoms with E-state index in [2.05, 4.69) is 0 Å². The van der Waals surface area contributed by atoms with Gasteiger partial charge in [0.15, 0.2) is 0 Å². The lowest BCUT2D eigenvalue weighted by molar-refractivity contribution is 0.413. The minimum absolute atomic E-state index is 0.161. The van der Waals surface area contributed by atoms with E-state index in [1.165, 1.54) is 39.4 Å². The van der Waals surface area contributed by atoms with Gasteiger partial charge in [-0.1, -0.05) is 11.6 Å². The van der Waals surface area contributed by atoms with Crippen molar-refractivity contribution in [2.45, 2.75) is 4.90 Å². The molecular weight excluding hydrogens is 238 g/mol. The van der Waals surface area contributed by atoms with E-state index in [1.54, 1.807) is 0 Å². The second-order valence-corrected chi connectivity index (χ2v) is 5.64. The molecule has 0 amide bonds. The number of hydrogen-bond acceptors (Lipinski definition) is 3. The smallest absolute Gasteiger partial charge is 0.242 e. The molecular formula is C9H12ClNO3S. The summed E-state index contributed by atoms with van der Waals surface area (Å²) in [5, 5.41) is 0.384. The summed E-state index contributed by atoms with van der Waals surface area (Å²) in [6, 6.07) is 4.34. The summed E-state index contributed by atoms with van der Waals surface area (Å²) >= 11 is 5.79. The van der Waals surface area contributed by atoms with Crippen molar-refractivity contribution in [2.24, 2.45) is 0 Å². The van der Waals surface area contributed by atoms with Crippen molar-refractivity contribution >= 4 is 21.6 Å². The largest absolute Gasteiger partial charge is 0.495 e. The van der Waals surface area contributed by atoms with E-state index in [4.69, 9.17) is 16.3 Å². The van der Waals surface area contributed by atoms with Crippen molar-refractivity contribution in [1.29, 1.82) is 0 Å². The number of hydrogen-bond donors (Lipinski definition) is 0. The molecule has 0 aliphatic heterocycles. The molecule has 0 fully saturated rings. The summed E-state index contributed by atoms with van der Waals surface area (Å²) in [4.78, 5) is 0.161. The Kier molecular flexibility index (Phi) is 3.59. The van der Waals surface area contributed by atoms with Crippen LogP contribution in [-0.4, -0.2) is 33.9 Å². The maximum Gasteiger partial charge on any atom is 0.242 e. The van der Waals surface area contributed by atoms with Crippen LogP contribution in [0.5, 0.6) is 5.75 Å². The first-order valence-electron chi connectivity index (χ1n) is 4.15. The third-order valence-corrected chi connectivity index (χ3v) is 4.02. The Morgan fingerprint density at radius 1 is 1.33 bits per heavy atom. The summed E-state index contributed by atoms with van der Waals surface area (Å²) in [6.45, 7) is 0. The molecule has 0 spiro atoms. The molecule has 0 N–H and O–H groups in total. The van der Waals surface area contributed by atoms with E-state index < -0.39 is 10.0 Å². The second kappa shape index (κ2) is 4.38. The Morgan fingerprint density at radius 2 is 1.93 bits per heavy atom. The van der Waals surface area contributed by atoms with Crippen molar-refractivity contribution in [1.82, 2.24) is 4.31 Å². The first-order valence-corrected chi connectivity index (χ1v) is 5.97. The van der Waals surface area contributed by atoms with E-state index in [0.717, 1.165) is 4.31 Å². The van der Waals surface area contributed by atoms with Gasteiger partial charge in [-0.25, -0.2) is 12.7 Å². The summed E-state index contributed by atoms with van der Waals surface area (Å²) in [5.74, 6) is 0.347. The fourth-order valence-corrected chi connectivity index (χ4v) is 2.12. The molecule has 0 aliphatic rings. The van der Waals surface area contributed by atoms with Crippen LogP contribution >= 0.6 is 11.6 Å². The summed E-state index contributed by atoms with van der Waals surface area (Å²) < 4.78 is 29.6. The summed E-state index contributed by atoms with van der Waals surface area (Å²) in [5.41, 5.74) is 0. The van der Waals surface area contributed by atoms with Crippen molar-refractivity contribution in [3.63, 3.8) is 0 Å². The van der Waals surface area contributed by atoms with Crippen LogP contribution in [0.15, 0.2) is 23.1 Å². The lowest BCUT2D eigenvalue weighted by atomic mass is 10.3.